The second kappa shape index (κ2) is 11.2. The molecule has 2 N–H and O–H groups in total. The fourth-order valence-corrected chi connectivity index (χ4v) is 4.96. The molecule has 1 amide bonds. The molecule has 3 aromatic rings. The minimum atomic E-state index is -0.0819. The summed E-state index contributed by atoms with van der Waals surface area (Å²) in [6, 6.07) is 22.8. The van der Waals surface area contributed by atoms with Crippen LogP contribution >= 0.6 is 11.3 Å². The molecule has 168 valence electrons. The van der Waals surface area contributed by atoms with Crippen LogP contribution in [0, 0.1) is 0 Å². The van der Waals surface area contributed by atoms with Crippen LogP contribution in [0.3, 0.4) is 0 Å². The summed E-state index contributed by atoms with van der Waals surface area (Å²) in [5, 5.41) is 8.92. The van der Waals surface area contributed by atoms with Crippen LogP contribution < -0.4 is 15.4 Å². The van der Waals surface area contributed by atoms with Gasteiger partial charge in [0, 0.05) is 48.7 Å². The maximum Gasteiger partial charge on any atom is 0.222 e. The summed E-state index contributed by atoms with van der Waals surface area (Å²) in [6.45, 7) is 2.80. The first-order valence-electron chi connectivity index (χ1n) is 11.2. The third-order valence-corrected chi connectivity index (χ3v) is 6.89. The molecule has 4 rings (SSSR count). The van der Waals surface area contributed by atoms with Crippen LogP contribution in [0.5, 0.6) is 5.75 Å². The molecule has 2 heterocycles. The van der Waals surface area contributed by atoms with Gasteiger partial charge in [-0.2, -0.15) is 0 Å². The highest BCUT2D eigenvalue weighted by atomic mass is 32.1. The summed E-state index contributed by atoms with van der Waals surface area (Å²) in [5.41, 5.74) is 2.22. The van der Waals surface area contributed by atoms with Crippen LogP contribution in [-0.4, -0.2) is 43.6 Å². The van der Waals surface area contributed by atoms with E-state index in [-0.39, 0.29) is 11.9 Å². The third kappa shape index (κ3) is 6.11. The molecule has 0 spiro atoms. The lowest BCUT2D eigenvalue weighted by Crippen LogP contribution is -2.41. The average Bonchev–Trinajstić information content (AvgIpc) is 3.37. The van der Waals surface area contributed by atoms with Gasteiger partial charge in [-0.1, -0.05) is 42.5 Å². The van der Waals surface area contributed by atoms with Crippen molar-refractivity contribution in [2.24, 2.45) is 0 Å². The highest BCUT2D eigenvalue weighted by Gasteiger charge is 2.21. The van der Waals surface area contributed by atoms with E-state index in [1.165, 1.54) is 0 Å². The van der Waals surface area contributed by atoms with E-state index in [0.717, 1.165) is 54.4 Å². The molecule has 0 radical (unpaired) electrons. The first-order valence-corrected chi connectivity index (χ1v) is 12.1. The van der Waals surface area contributed by atoms with Gasteiger partial charge >= 0.3 is 0 Å². The number of hydrogen-bond acceptors (Lipinski definition) is 5. The Morgan fingerprint density at radius 1 is 1.09 bits per heavy atom. The number of carbonyl (C=O) groups is 1. The quantitative estimate of drug-likeness (QED) is 0.486. The van der Waals surface area contributed by atoms with Gasteiger partial charge in [0.05, 0.1) is 13.2 Å². The number of amides is 1. The van der Waals surface area contributed by atoms with Gasteiger partial charge in [-0.25, -0.2) is 0 Å². The van der Waals surface area contributed by atoms with Gasteiger partial charge in [-0.05, 0) is 42.0 Å². The molecular formula is C26H31N3O2S. The van der Waals surface area contributed by atoms with Crippen LogP contribution in [0.15, 0.2) is 72.1 Å². The number of anilines is 1. The van der Waals surface area contributed by atoms with Crippen LogP contribution in [0.2, 0.25) is 0 Å². The molecule has 6 heteroatoms. The number of nitrogens with one attached hydrogen (secondary N) is 2. The summed E-state index contributed by atoms with van der Waals surface area (Å²) in [7, 11) is 1.69. The van der Waals surface area contributed by atoms with E-state index in [2.05, 4.69) is 45.2 Å². The Morgan fingerprint density at radius 3 is 2.62 bits per heavy atom. The Labute approximate surface area is 194 Å². The lowest BCUT2D eigenvalue weighted by atomic mass is 10.0. The van der Waals surface area contributed by atoms with Crippen molar-refractivity contribution in [2.45, 2.75) is 31.3 Å². The van der Waals surface area contributed by atoms with E-state index in [4.69, 9.17) is 4.74 Å². The summed E-state index contributed by atoms with van der Waals surface area (Å²) >= 11 is 1.68. The maximum absolute atomic E-state index is 12.8. The van der Waals surface area contributed by atoms with Crippen molar-refractivity contribution in [1.82, 2.24) is 10.2 Å². The second-order valence-electron chi connectivity index (χ2n) is 8.17. The highest BCUT2D eigenvalue weighted by molar-refractivity contribution is 7.10. The zero-order valence-electron chi connectivity index (χ0n) is 18.5. The van der Waals surface area contributed by atoms with Gasteiger partial charge < -0.3 is 20.3 Å². The van der Waals surface area contributed by atoms with E-state index < -0.39 is 0 Å². The van der Waals surface area contributed by atoms with Crippen molar-refractivity contribution in [3.63, 3.8) is 0 Å². The van der Waals surface area contributed by atoms with Crippen LogP contribution in [0.25, 0.3) is 0 Å². The van der Waals surface area contributed by atoms with Crippen molar-refractivity contribution >= 4 is 22.9 Å². The average molecular weight is 450 g/mol. The summed E-state index contributed by atoms with van der Waals surface area (Å²) < 4.78 is 5.31. The molecule has 1 atom stereocenters. The number of carbonyl (C=O) groups excluding carboxylic acids is 1. The Morgan fingerprint density at radius 2 is 1.91 bits per heavy atom. The molecule has 1 saturated heterocycles. The van der Waals surface area contributed by atoms with Crippen LogP contribution in [-0.2, 0) is 4.79 Å². The van der Waals surface area contributed by atoms with Crippen molar-refractivity contribution in [3.8, 4) is 5.75 Å². The monoisotopic (exact) mass is 449 g/mol. The smallest absolute Gasteiger partial charge is 0.222 e. The molecule has 5 nitrogen and oxygen atoms in total. The zero-order chi connectivity index (χ0) is 22.2. The Balaban J connectivity index is 1.24. The van der Waals surface area contributed by atoms with E-state index in [9.17, 15) is 4.79 Å². The topological polar surface area (TPSA) is 53.6 Å². The van der Waals surface area contributed by atoms with Gasteiger partial charge in [0.1, 0.15) is 5.75 Å². The number of nitrogens with zero attached hydrogens (tertiary/aromatic N) is 1. The molecule has 0 aliphatic carbocycles. The molecule has 1 aliphatic rings. The minimum Gasteiger partial charge on any atom is -0.497 e. The predicted octanol–water partition coefficient (Wildman–Crippen LogP) is 4.93. The van der Waals surface area contributed by atoms with Crippen molar-refractivity contribution in [1.29, 1.82) is 0 Å². The lowest BCUT2D eigenvalue weighted by molar-refractivity contribution is -0.122. The fraction of sp³-hybridized carbons (Fsp3) is 0.346. The van der Waals surface area contributed by atoms with Crippen molar-refractivity contribution in [2.75, 3.05) is 32.1 Å². The van der Waals surface area contributed by atoms with E-state index in [1.807, 2.05) is 42.5 Å². The number of likely N-dealkylation sites (tertiary alicyclic amines) is 1. The van der Waals surface area contributed by atoms with E-state index in [0.29, 0.717) is 12.5 Å². The number of methoxy groups -OCH3 is 1. The Kier molecular flexibility index (Phi) is 7.80. The largest absolute Gasteiger partial charge is 0.497 e. The third-order valence-electron chi connectivity index (χ3n) is 5.95. The first-order chi connectivity index (χ1) is 15.7. The lowest BCUT2D eigenvalue weighted by Gasteiger charge is -2.32. The Hall–Kier alpha value is -2.83. The molecule has 1 aliphatic heterocycles. The molecule has 1 unspecified atom stereocenters. The Bertz CT molecular complexity index is 970. The van der Waals surface area contributed by atoms with Gasteiger partial charge in [0.25, 0.3) is 0 Å². The number of ether oxygens (including phenoxy) is 1. The molecular weight excluding hydrogens is 418 g/mol. The van der Waals surface area contributed by atoms with Gasteiger partial charge in [-0.3, -0.25) is 4.79 Å². The fourth-order valence-electron chi connectivity index (χ4n) is 4.16. The zero-order valence-corrected chi connectivity index (χ0v) is 19.3. The van der Waals surface area contributed by atoms with Gasteiger partial charge in [-0.15, -0.1) is 11.3 Å². The van der Waals surface area contributed by atoms with Crippen molar-refractivity contribution < 1.29 is 9.53 Å². The number of hydrogen-bond donors (Lipinski definition) is 2. The molecule has 0 bridgehead atoms. The highest BCUT2D eigenvalue weighted by Crippen LogP contribution is 2.26. The minimum absolute atomic E-state index is 0.0819. The number of rotatable bonds is 9. The maximum atomic E-state index is 12.8. The summed E-state index contributed by atoms with van der Waals surface area (Å²) in [5.74, 6) is 0.971. The van der Waals surface area contributed by atoms with E-state index >= 15 is 0 Å². The SMILES string of the molecule is COc1cccc(NC2CCN(CCC(=O)NC(c3ccccc3)c3cccs3)CC2)c1. The normalized spacial score (nSPS) is 15.8. The molecule has 0 saturated carbocycles. The van der Waals surface area contributed by atoms with Gasteiger partial charge in [0.15, 0.2) is 0 Å². The molecule has 32 heavy (non-hydrogen) atoms. The second-order valence-corrected chi connectivity index (χ2v) is 9.15. The first kappa shape index (κ1) is 22.4. The van der Waals surface area contributed by atoms with Crippen LogP contribution in [0.1, 0.15) is 35.7 Å². The van der Waals surface area contributed by atoms with Gasteiger partial charge in [0.2, 0.25) is 5.91 Å². The molecule has 1 aromatic heterocycles. The standard InChI is InChI=1S/C26H31N3O2S/c1-31-23-10-5-9-22(19-23)27-21-12-15-29(16-13-21)17-14-25(30)28-26(24-11-6-18-32-24)20-7-3-2-4-8-20/h2-11,18-19,21,26-27H,12-17H2,1H3,(H,28,30). The van der Waals surface area contributed by atoms with Crippen LogP contribution in [0.4, 0.5) is 5.69 Å². The number of piperidine rings is 1. The predicted molar refractivity (Wildman–Crippen MR) is 131 cm³/mol. The number of benzene rings is 2. The molecule has 2 aromatic carbocycles. The van der Waals surface area contributed by atoms with Crippen molar-refractivity contribution in [3.05, 3.63) is 82.6 Å². The summed E-state index contributed by atoms with van der Waals surface area (Å²) in [6.07, 6.45) is 2.66. The van der Waals surface area contributed by atoms with E-state index in [1.54, 1.807) is 18.4 Å². The molecule has 1 fully saturated rings. The summed E-state index contributed by atoms with van der Waals surface area (Å²) in [4.78, 5) is 16.3. The number of thiophene rings is 1.